The predicted octanol–water partition coefficient (Wildman–Crippen LogP) is 3.96. The molecule has 1 N–H and O–H groups in total. The van der Waals surface area contributed by atoms with E-state index in [4.69, 9.17) is 39.5 Å². The van der Waals surface area contributed by atoms with Crippen LogP contribution >= 0.6 is 34.8 Å². The SMILES string of the molecule is COc1ccc(Cl)cc1S(=O)(=O)NC(=O)c1cn(-c2cc(Cl)ccc2Cl)cn1. The molecule has 28 heavy (non-hydrogen) atoms. The fourth-order valence-corrected chi connectivity index (χ4v) is 4.12. The lowest BCUT2D eigenvalue weighted by Gasteiger charge is -2.10. The van der Waals surface area contributed by atoms with Gasteiger partial charge in [0.2, 0.25) is 0 Å². The molecule has 0 aliphatic carbocycles. The predicted molar refractivity (Wildman–Crippen MR) is 106 cm³/mol. The van der Waals surface area contributed by atoms with Gasteiger partial charge < -0.3 is 9.30 Å². The van der Waals surface area contributed by atoms with E-state index in [1.807, 2.05) is 4.72 Å². The van der Waals surface area contributed by atoms with Gasteiger partial charge in [-0.2, -0.15) is 0 Å². The van der Waals surface area contributed by atoms with Crippen LogP contribution in [0, 0.1) is 0 Å². The number of benzene rings is 2. The van der Waals surface area contributed by atoms with Gasteiger partial charge in [-0.25, -0.2) is 18.1 Å². The number of amides is 1. The number of methoxy groups -OCH3 is 1. The van der Waals surface area contributed by atoms with Gasteiger partial charge in [-0.15, -0.1) is 0 Å². The van der Waals surface area contributed by atoms with Gasteiger partial charge in [0, 0.05) is 16.2 Å². The van der Waals surface area contributed by atoms with E-state index in [0.29, 0.717) is 15.7 Å². The molecule has 1 heterocycles. The van der Waals surface area contributed by atoms with Crippen LogP contribution in [0.1, 0.15) is 10.5 Å². The fraction of sp³-hybridized carbons (Fsp3) is 0.0588. The van der Waals surface area contributed by atoms with Crippen molar-refractivity contribution in [1.29, 1.82) is 0 Å². The standard InChI is InChI=1S/C17H12Cl3N3O4S/c1-27-15-5-3-11(19)7-16(15)28(25,26)22-17(24)13-8-23(9-21-13)14-6-10(18)2-4-12(14)20/h2-9H,1H3,(H,22,24). The van der Waals surface area contributed by atoms with Crippen molar-refractivity contribution in [2.75, 3.05) is 7.11 Å². The molecule has 0 bridgehead atoms. The smallest absolute Gasteiger partial charge is 0.285 e. The molecule has 146 valence electrons. The van der Waals surface area contributed by atoms with Gasteiger partial charge in [-0.3, -0.25) is 4.79 Å². The zero-order valence-electron chi connectivity index (χ0n) is 14.2. The van der Waals surface area contributed by atoms with E-state index < -0.39 is 15.9 Å². The highest BCUT2D eigenvalue weighted by atomic mass is 35.5. The van der Waals surface area contributed by atoms with Crippen LogP contribution in [-0.4, -0.2) is 31.0 Å². The third-order valence-corrected chi connectivity index (χ3v) is 5.79. The number of hydrogen-bond acceptors (Lipinski definition) is 5. The average molecular weight is 461 g/mol. The van der Waals surface area contributed by atoms with Crippen LogP contribution in [0.5, 0.6) is 5.75 Å². The molecule has 3 rings (SSSR count). The van der Waals surface area contributed by atoms with Crippen molar-refractivity contribution in [3.05, 3.63) is 69.7 Å². The fourth-order valence-electron chi connectivity index (χ4n) is 2.35. The van der Waals surface area contributed by atoms with Gasteiger partial charge in [0.05, 0.1) is 17.8 Å². The number of halogens is 3. The van der Waals surface area contributed by atoms with Gasteiger partial charge >= 0.3 is 0 Å². The maximum absolute atomic E-state index is 12.6. The van der Waals surface area contributed by atoms with Crippen molar-refractivity contribution < 1.29 is 17.9 Å². The largest absolute Gasteiger partial charge is 0.495 e. The van der Waals surface area contributed by atoms with E-state index in [0.717, 1.165) is 0 Å². The van der Waals surface area contributed by atoms with Crippen LogP contribution in [0.25, 0.3) is 5.69 Å². The van der Waals surface area contributed by atoms with Crippen molar-refractivity contribution in [2.24, 2.45) is 0 Å². The first kappa shape index (κ1) is 20.5. The molecule has 1 aromatic heterocycles. The molecule has 0 saturated carbocycles. The van der Waals surface area contributed by atoms with Gasteiger partial charge in [-0.05, 0) is 36.4 Å². The number of aromatic nitrogens is 2. The van der Waals surface area contributed by atoms with Gasteiger partial charge in [0.25, 0.3) is 15.9 Å². The summed E-state index contributed by atoms with van der Waals surface area (Å²) in [6, 6.07) is 8.83. The van der Waals surface area contributed by atoms with Gasteiger partial charge in [0.1, 0.15) is 22.7 Å². The highest BCUT2D eigenvalue weighted by Gasteiger charge is 2.24. The van der Waals surface area contributed by atoms with E-state index in [1.165, 1.54) is 42.4 Å². The molecule has 0 aliphatic heterocycles. The van der Waals surface area contributed by atoms with Crippen LogP contribution in [0.4, 0.5) is 0 Å². The second-order valence-corrected chi connectivity index (χ2v) is 8.42. The molecule has 0 spiro atoms. The summed E-state index contributed by atoms with van der Waals surface area (Å²) in [6.45, 7) is 0. The first-order valence-electron chi connectivity index (χ1n) is 7.61. The van der Waals surface area contributed by atoms with Crippen molar-refractivity contribution in [1.82, 2.24) is 14.3 Å². The lowest BCUT2D eigenvalue weighted by Crippen LogP contribution is -2.31. The Balaban J connectivity index is 1.89. The molecule has 1 amide bonds. The zero-order chi connectivity index (χ0) is 20.5. The Morgan fingerprint density at radius 2 is 1.79 bits per heavy atom. The minimum Gasteiger partial charge on any atom is -0.495 e. The molecule has 0 unspecified atom stereocenters. The molecule has 3 aromatic rings. The number of nitrogens with zero attached hydrogens (tertiary/aromatic N) is 2. The molecular weight excluding hydrogens is 449 g/mol. The van der Waals surface area contributed by atoms with E-state index in [-0.39, 0.29) is 21.4 Å². The van der Waals surface area contributed by atoms with E-state index >= 15 is 0 Å². The van der Waals surface area contributed by atoms with E-state index in [2.05, 4.69) is 4.98 Å². The number of imidazole rings is 1. The first-order chi connectivity index (χ1) is 13.2. The summed E-state index contributed by atoms with van der Waals surface area (Å²) in [6.07, 6.45) is 2.65. The summed E-state index contributed by atoms with van der Waals surface area (Å²) in [5, 5.41) is 0.994. The van der Waals surface area contributed by atoms with Crippen molar-refractivity contribution in [2.45, 2.75) is 4.90 Å². The molecule has 2 aromatic carbocycles. The highest BCUT2D eigenvalue weighted by Crippen LogP contribution is 2.27. The van der Waals surface area contributed by atoms with Crippen molar-refractivity contribution >= 4 is 50.7 Å². The van der Waals surface area contributed by atoms with E-state index in [1.54, 1.807) is 18.2 Å². The van der Waals surface area contributed by atoms with Crippen LogP contribution in [-0.2, 0) is 10.0 Å². The molecular formula is C17H12Cl3N3O4S. The Morgan fingerprint density at radius 3 is 2.50 bits per heavy atom. The third kappa shape index (κ3) is 4.25. The number of hydrogen-bond donors (Lipinski definition) is 1. The van der Waals surface area contributed by atoms with Crippen LogP contribution in [0.15, 0.2) is 53.8 Å². The number of ether oxygens (including phenoxy) is 1. The highest BCUT2D eigenvalue weighted by molar-refractivity contribution is 7.90. The zero-order valence-corrected chi connectivity index (χ0v) is 17.3. The first-order valence-corrected chi connectivity index (χ1v) is 10.2. The summed E-state index contributed by atoms with van der Waals surface area (Å²) < 4.78 is 33.6. The number of carbonyl (C=O) groups excluding carboxylic acids is 1. The molecule has 7 nitrogen and oxygen atoms in total. The Labute approximate surface area is 175 Å². The quantitative estimate of drug-likeness (QED) is 0.622. The summed E-state index contributed by atoms with van der Waals surface area (Å²) in [4.78, 5) is 16.1. The third-order valence-electron chi connectivity index (χ3n) is 3.64. The number of sulfonamides is 1. The minimum absolute atomic E-state index is 0.0425. The maximum atomic E-state index is 12.6. The van der Waals surface area contributed by atoms with Crippen LogP contribution < -0.4 is 9.46 Å². The average Bonchev–Trinajstić information content (AvgIpc) is 3.13. The molecule has 0 fully saturated rings. The Morgan fingerprint density at radius 1 is 1.11 bits per heavy atom. The number of rotatable bonds is 5. The van der Waals surface area contributed by atoms with Gasteiger partial charge in [-0.1, -0.05) is 34.8 Å². The monoisotopic (exact) mass is 459 g/mol. The minimum atomic E-state index is -4.25. The maximum Gasteiger partial charge on any atom is 0.285 e. The Bertz CT molecular complexity index is 1160. The summed E-state index contributed by atoms with van der Waals surface area (Å²) >= 11 is 17.9. The molecule has 0 aliphatic rings. The Hall–Kier alpha value is -2.26. The van der Waals surface area contributed by atoms with Crippen LogP contribution in [0.2, 0.25) is 15.1 Å². The second kappa shape index (κ2) is 8.00. The summed E-state index contributed by atoms with van der Waals surface area (Å²) in [5.74, 6) is -0.889. The second-order valence-electron chi connectivity index (χ2n) is 5.49. The molecule has 0 radical (unpaired) electrons. The Kier molecular flexibility index (Phi) is 5.85. The molecule has 0 saturated heterocycles. The lowest BCUT2D eigenvalue weighted by molar-refractivity contribution is 0.0977. The molecule has 0 atom stereocenters. The number of carbonyl (C=O) groups is 1. The number of nitrogens with one attached hydrogen (secondary N) is 1. The lowest BCUT2D eigenvalue weighted by atomic mass is 10.3. The molecule has 11 heteroatoms. The van der Waals surface area contributed by atoms with Gasteiger partial charge in [0.15, 0.2) is 0 Å². The van der Waals surface area contributed by atoms with E-state index in [9.17, 15) is 13.2 Å². The van der Waals surface area contributed by atoms with Crippen molar-refractivity contribution in [3.8, 4) is 11.4 Å². The summed E-state index contributed by atoms with van der Waals surface area (Å²) in [7, 11) is -2.94. The van der Waals surface area contributed by atoms with Crippen LogP contribution in [0.3, 0.4) is 0 Å². The summed E-state index contributed by atoms with van der Waals surface area (Å²) in [5.41, 5.74) is 0.348. The van der Waals surface area contributed by atoms with Crippen molar-refractivity contribution in [3.63, 3.8) is 0 Å². The topological polar surface area (TPSA) is 90.3 Å². The normalized spacial score (nSPS) is 11.3.